The smallest absolute Gasteiger partial charge is 0.337 e. The van der Waals surface area contributed by atoms with Gasteiger partial charge in [-0.15, -0.1) is 0 Å². The molecule has 2 heterocycles. The van der Waals surface area contributed by atoms with Crippen LogP contribution in [0.25, 0.3) is 0 Å². The predicted octanol–water partition coefficient (Wildman–Crippen LogP) is 0.192. The Balaban J connectivity index is 2.14. The third-order valence-corrected chi connectivity index (χ3v) is 3.31. The Labute approximate surface area is 118 Å². The number of hydrogen-bond donors (Lipinski definition) is 1. The molecular weight excluding hydrogens is 268 g/mol. The van der Waals surface area contributed by atoms with Crippen LogP contribution in [0.3, 0.4) is 0 Å². The quantitative estimate of drug-likeness (QED) is 0.743. The minimum atomic E-state index is -1.43. The Kier molecular flexibility index (Phi) is 4.10. The summed E-state index contributed by atoms with van der Waals surface area (Å²) in [7, 11) is 1.21. The molecule has 1 N–H and O–H groups in total. The Morgan fingerprint density at radius 1 is 1.20 bits per heavy atom. The first-order valence-corrected chi connectivity index (χ1v) is 6.58. The normalized spacial score (nSPS) is 36.8. The molecule has 2 saturated heterocycles. The molecule has 2 fully saturated rings. The number of rotatable bonds is 3. The lowest BCUT2D eigenvalue weighted by Crippen LogP contribution is -2.47. The van der Waals surface area contributed by atoms with Crippen molar-refractivity contribution in [3.05, 3.63) is 0 Å². The molecule has 2 aliphatic rings. The van der Waals surface area contributed by atoms with Crippen molar-refractivity contribution in [2.75, 3.05) is 13.7 Å². The molecule has 0 saturated carbocycles. The molecule has 0 spiro atoms. The summed E-state index contributed by atoms with van der Waals surface area (Å²) in [6.45, 7) is 7.32. The van der Waals surface area contributed by atoms with Gasteiger partial charge in [0.25, 0.3) is 0 Å². The van der Waals surface area contributed by atoms with Crippen LogP contribution in [-0.4, -0.2) is 60.8 Å². The van der Waals surface area contributed by atoms with E-state index in [0.717, 1.165) is 0 Å². The van der Waals surface area contributed by atoms with Crippen molar-refractivity contribution in [3.63, 3.8) is 0 Å². The van der Waals surface area contributed by atoms with Gasteiger partial charge in [0.2, 0.25) is 0 Å². The number of carbonyl (C=O) groups is 1. The van der Waals surface area contributed by atoms with Gasteiger partial charge in [0.1, 0.15) is 18.3 Å². The van der Waals surface area contributed by atoms with Crippen LogP contribution in [0, 0.1) is 0 Å². The summed E-state index contributed by atoms with van der Waals surface area (Å²) < 4.78 is 27.1. The van der Waals surface area contributed by atoms with Crippen molar-refractivity contribution in [3.8, 4) is 0 Å². The second kappa shape index (κ2) is 5.23. The second-order valence-electron chi connectivity index (χ2n) is 5.90. The molecule has 2 aliphatic heterocycles. The van der Waals surface area contributed by atoms with Crippen molar-refractivity contribution in [1.29, 1.82) is 0 Å². The Morgan fingerprint density at radius 2 is 1.85 bits per heavy atom. The van der Waals surface area contributed by atoms with E-state index in [1.165, 1.54) is 7.11 Å². The van der Waals surface area contributed by atoms with Crippen LogP contribution in [0.2, 0.25) is 0 Å². The molecule has 7 heteroatoms. The molecule has 4 atom stereocenters. The molecule has 7 nitrogen and oxygen atoms in total. The first-order valence-electron chi connectivity index (χ1n) is 6.58. The lowest BCUT2D eigenvalue weighted by molar-refractivity contribution is -0.176. The molecule has 0 aromatic carbocycles. The monoisotopic (exact) mass is 290 g/mol. The fraction of sp³-hybridized carbons (Fsp3) is 0.923. The van der Waals surface area contributed by atoms with Gasteiger partial charge in [0.05, 0.1) is 13.7 Å². The lowest BCUT2D eigenvalue weighted by atomic mass is 10.0. The van der Waals surface area contributed by atoms with E-state index in [1.807, 2.05) is 0 Å². The third kappa shape index (κ3) is 3.12. The van der Waals surface area contributed by atoms with Gasteiger partial charge in [0, 0.05) is 0 Å². The zero-order chi connectivity index (χ0) is 15.1. The Hall–Kier alpha value is -0.730. The summed E-state index contributed by atoms with van der Waals surface area (Å²) in [6, 6.07) is 0. The molecule has 20 heavy (non-hydrogen) atoms. The van der Waals surface area contributed by atoms with Crippen LogP contribution in [0.4, 0.5) is 0 Å². The first-order chi connectivity index (χ1) is 9.15. The molecule has 0 bridgehead atoms. The van der Waals surface area contributed by atoms with E-state index in [0.29, 0.717) is 6.61 Å². The average molecular weight is 290 g/mol. The average Bonchev–Trinajstić information content (AvgIpc) is 2.86. The van der Waals surface area contributed by atoms with Crippen molar-refractivity contribution in [2.45, 2.75) is 63.7 Å². The number of esters is 1. The highest BCUT2D eigenvalue weighted by atomic mass is 16.8. The lowest BCUT2D eigenvalue weighted by Gasteiger charge is -2.25. The van der Waals surface area contributed by atoms with Gasteiger partial charge in [0.15, 0.2) is 17.7 Å². The zero-order valence-corrected chi connectivity index (χ0v) is 12.4. The van der Waals surface area contributed by atoms with Gasteiger partial charge in [-0.05, 0) is 27.7 Å². The summed E-state index contributed by atoms with van der Waals surface area (Å²) in [5.41, 5.74) is 0. The standard InChI is InChI=1S/C13H22O7/c1-12(2)17-6-7(18-12)9-10(8(14)11(15)16-5)20-13(3,4)19-9/h7-10,14H,6H2,1-5H3/t7-,8+,9-,10-/m0/s1. The van der Waals surface area contributed by atoms with Crippen molar-refractivity contribution in [2.24, 2.45) is 0 Å². The minimum absolute atomic E-state index is 0.307. The molecular formula is C13H22O7. The van der Waals surface area contributed by atoms with Crippen LogP contribution in [-0.2, 0) is 28.5 Å². The van der Waals surface area contributed by atoms with Crippen LogP contribution >= 0.6 is 0 Å². The number of aliphatic hydroxyl groups is 1. The predicted molar refractivity (Wildman–Crippen MR) is 66.8 cm³/mol. The fourth-order valence-corrected chi connectivity index (χ4v) is 2.48. The van der Waals surface area contributed by atoms with E-state index in [9.17, 15) is 9.90 Å². The summed E-state index contributed by atoms with van der Waals surface area (Å²) >= 11 is 0. The maximum absolute atomic E-state index is 11.5. The number of methoxy groups -OCH3 is 1. The number of hydrogen-bond acceptors (Lipinski definition) is 7. The topological polar surface area (TPSA) is 83.5 Å². The van der Waals surface area contributed by atoms with E-state index < -0.39 is 42.0 Å². The van der Waals surface area contributed by atoms with Gasteiger partial charge in [-0.1, -0.05) is 0 Å². The van der Waals surface area contributed by atoms with Gasteiger partial charge in [-0.3, -0.25) is 0 Å². The summed E-state index contributed by atoms with van der Waals surface area (Å²) in [6.07, 6.45) is -3.32. The number of carbonyl (C=O) groups excluding carboxylic acids is 1. The molecule has 0 amide bonds. The third-order valence-electron chi connectivity index (χ3n) is 3.31. The SMILES string of the molecule is COC(=O)[C@H](O)[C@@H]1OC(C)(C)O[C@H]1[C@@H]1COC(C)(C)O1. The highest BCUT2D eigenvalue weighted by Crippen LogP contribution is 2.36. The highest BCUT2D eigenvalue weighted by molar-refractivity contribution is 5.75. The zero-order valence-electron chi connectivity index (χ0n) is 12.4. The number of ether oxygens (including phenoxy) is 5. The van der Waals surface area contributed by atoms with Crippen LogP contribution in [0.15, 0.2) is 0 Å². The fourth-order valence-electron chi connectivity index (χ4n) is 2.48. The maximum Gasteiger partial charge on any atom is 0.337 e. The Morgan fingerprint density at radius 3 is 2.35 bits per heavy atom. The van der Waals surface area contributed by atoms with Crippen molar-refractivity contribution >= 4 is 5.97 Å². The molecule has 0 aliphatic carbocycles. The summed E-state index contributed by atoms with van der Waals surface area (Å²) in [5, 5.41) is 10.0. The van der Waals surface area contributed by atoms with Gasteiger partial charge in [-0.25, -0.2) is 4.79 Å². The largest absolute Gasteiger partial charge is 0.467 e. The van der Waals surface area contributed by atoms with Crippen molar-refractivity contribution in [1.82, 2.24) is 0 Å². The summed E-state index contributed by atoms with van der Waals surface area (Å²) in [5.74, 6) is -2.40. The van der Waals surface area contributed by atoms with E-state index >= 15 is 0 Å². The van der Waals surface area contributed by atoms with Gasteiger partial charge < -0.3 is 28.8 Å². The minimum Gasteiger partial charge on any atom is -0.467 e. The van der Waals surface area contributed by atoms with E-state index in [-0.39, 0.29) is 0 Å². The second-order valence-corrected chi connectivity index (χ2v) is 5.90. The summed E-state index contributed by atoms with van der Waals surface area (Å²) in [4.78, 5) is 11.5. The molecule has 0 unspecified atom stereocenters. The Bertz CT molecular complexity index is 379. The highest BCUT2D eigenvalue weighted by Gasteiger charge is 2.53. The molecule has 116 valence electrons. The van der Waals surface area contributed by atoms with Gasteiger partial charge >= 0.3 is 5.97 Å². The van der Waals surface area contributed by atoms with E-state index in [2.05, 4.69) is 4.74 Å². The van der Waals surface area contributed by atoms with E-state index in [1.54, 1.807) is 27.7 Å². The van der Waals surface area contributed by atoms with Crippen LogP contribution in [0.1, 0.15) is 27.7 Å². The van der Waals surface area contributed by atoms with Gasteiger partial charge in [-0.2, -0.15) is 0 Å². The molecule has 0 aromatic rings. The van der Waals surface area contributed by atoms with Crippen molar-refractivity contribution < 1.29 is 33.6 Å². The maximum atomic E-state index is 11.5. The van der Waals surface area contributed by atoms with E-state index in [4.69, 9.17) is 18.9 Å². The first kappa shape index (κ1) is 15.7. The molecule has 0 aromatic heterocycles. The van der Waals surface area contributed by atoms with Crippen LogP contribution in [0.5, 0.6) is 0 Å². The molecule has 2 rings (SSSR count). The molecule has 0 radical (unpaired) electrons. The number of aliphatic hydroxyl groups excluding tert-OH is 1. The van der Waals surface area contributed by atoms with Crippen LogP contribution < -0.4 is 0 Å².